The molecular formula is C115H221N15O15. The number of likely N-dealkylation sites (N-methyl/N-ethyl adjacent to an activating group) is 1. The number of hydrogen-bond acceptors (Lipinski definition) is 15. The van der Waals surface area contributed by atoms with Crippen LogP contribution in [0.5, 0.6) is 0 Å². The fourth-order valence-corrected chi connectivity index (χ4v) is 17.1. The quantitative estimate of drug-likeness (QED) is 0.0252. The van der Waals surface area contributed by atoms with E-state index in [1.807, 2.05) is 62.3 Å². The van der Waals surface area contributed by atoms with E-state index in [1.54, 1.807) is 7.05 Å². The highest BCUT2D eigenvalue weighted by atomic mass is 16.2. The van der Waals surface area contributed by atoms with Crippen LogP contribution in [0, 0.1) is 53.3 Å². The number of hydrogen-bond donors (Lipinski definition) is 15. The summed E-state index contributed by atoms with van der Waals surface area (Å²) in [6.45, 7) is 41.9. The number of rotatable bonds is 91. The van der Waals surface area contributed by atoms with Gasteiger partial charge in [-0.1, -0.05) is 324 Å². The second kappa shape index (κ2) is 95.7. The van der Waals surface area contributed by atoms with Gasteiger partial charge in [0.15, 0.2) is 0 Å². The molecular weight excluding hydrogens is 1830 g/mol. The maximum Gasteiger partial charge on any atom is 0.243 e. The van der Waals surface area contributed by atoms with Crippen molar-refractivity contribution in [2.75, 3.05) is 59.9 Å². The standard InChI is InChI=1S/C55H105N7O7.C51H97N7O7.C9H19NO/c1-10-15-20-31-42(6)49(63)57-39-29-25-36-46(60-51(65)44(8)32-21-16-11-2)53(67)59-41-30-26-37-47(54(68)58-40-28-24-34-43(7)50(64)56-38-27-19-14-5)62-55(69)48(35-23-18-13-4)61-52(66)45(9)33-22-17-12-3;1-10-14-18-28-38(5)45(59)53-35-25-23-33-43(56-47(61)40(7)30-20-16-12-3)50(64)55-37-27-22-32-42(49(63)52-9)58-51(65)44(57-48(62)41(8)31-21-17-13-4)34-24-26-36-54-46(60)39(6)29-19-15-11-2;1-4-5-6-7-8(2)9(11)10-3/h42-48H,10-41H2,1-9H3,(H,56,64)(H,57,63)(H,58,68)(H,59,67)(H,60,65)(H,61,66)(H,62,69);38-44H,10-37H2,1-9H3,(H,52,63)(H,53,59)(H,54,60)(H,55,64)(H,56,61)(H,57,62)(H,58,65);8H,4-7H2,1-3H3,(H,10,11). The lowest BCUT2D eigenvalue weighted by Gasteiger charge is -2.24. The molecule has 15 atom stereocenters. The van der Waals surface area contributed by atoms with Gasteiger partial charge in [-0.15, -0.1) is 0 Å². The predicted molar refractivity (Wildman–Crippen MR) is 593 cm³/mol. The van der Waals surface area contributed by atoms with Gasteiger partial charge in [0.05, 0.1) is 0 Å². The van der Waals surface area contributed by atoms with Gasteiger partial charge in [0.1, 0.15) is 36.3 Å². The van der Waals surface area contributed by atoms with E-state index in [2.05, 4.69) is 149 Å². The number of amides is 15. The molecule has 0 aromatic carbocycles. The van der Waals surface area contributed by atoms with Gasteiger partial charge in [-0.05, 0) is 173 Å². The molecule has 0 aliphatic rings. The molecule has 15 N–H and O–H groups in total. The summed E-state index contributed by atoms with van der Waals surface area (Å²) in [6.07, 6.45) is 48.4. The van der Waals surface area contributed by atoms with Crippen molar-refractivity contribution in [2.24, 2.45) is 53.3 Å². The number of unbranched alkanes of at least 4 members (excludes halogenated alkanes) is 26. The van der Waals surface area contributed by atoms with Crippen LogP contribution in [0.15, 0.2) is 0 Å². The molecule has 0 spiro atoms. The minimum atomic E-state index is -0.852. The van der Waals surface area contributed by atoms with Gasteiger partial charge in [-0.25, -0.2) is 0 Å². The first-order valence-electron chi connectivity index (χ1n) is 58.7. The van der Waals surface area contributed by atoms with Crippen molar-refractivity contribution in [3.8, 4) is 0 Å². The maximum absolute atomic E-state index is 13.9. The van der Waals surface area contributed by atoms with Gasteiger partial charge in [0, 0.05) is 113 Å². The fourth-order valence-electron chi connectivity index (χ4n) is 17.1. The molecule has 0 saturated heterocycles. The maximum atomic E-state index is 13.9. The molecule has 145 heavy (non-hydrogen) atoms. The van der Waals surface area contributed by atoms with Crippen LogP contribution in [0.1, 0.15) is 498 Å². The highest BCUT2D eigenvalue weighted by molar-refractivity contribution is 5.94. The van der Waals surface area contributed by atoms with E-state index < -0.39 is 42.2 Å². The number of carbonyl (C=O) groups excluding carboxylic acids is 15. The van der Waals surface area contributed by atoms with Crippen LogP contribution in [0.2, 0.25) is 0 Å². The Hall–Kier alpha value is -7.95. The van der Waals surface area contributed by atoms with Crippen LogP contribution in [-0.4, -0.2) is 185 Å². The largest absolute Gasteiger partial charge is 0.359 e. The second-order valence-electron chi connectivity index (χ2n) is 41.9. The van der Waals surface area contributed by atoms with Crippen LogP contribution in [0.25, 0.3) is 0 Å². The first-order valence-corrected chi connectivity index (χ1v) is 58.7. The summed E-state index contributed by atoms with van der Waals surface area (Å²) in [4.78, 5) is 196. The van der Waals surface area contributed by atoms with E-state index in [1.165, 1.54) is 26.3 Å². The molecule has 30 heteroatoms. The third kappa shape index (κ3) is 76.3. The lowest BCUT2D eigenvalue weighted by Crippen LogP contribution is -2.54. The molecule has 15 unspecified atom stereocenters. The van der Waals surface area contributed by atoms with Gasteiger partial charge in [0.2, 0.25) is 88.6 Å². The molecule has 0 bridgehead atoms. The summed E-state index contributed by atoms with van der Waals surface area (Å²) in [5, 5.41) is 44.2. The summed E-state index contributed by atoms with van der Waals surface area (Å²) in [7, 11) is 3.21. The van der Waals surface area contributed by atoms with Crippen LogP contribution in [-0.2, 0) is 71.9 Å². The Morgan fingerprint density at radius 2 is 0.262 bits per heavy atom. The monoisotopic (exact) mass is 2050 g/mol. The summed E-state index contributed by atoms with van der Waals surface area (Å²) in [5.74, 6) is -3.29. The SMILES string of the molecule is CCCCCC(C)C(=O)NC.CCCCCC(C)C(=O)NCCCCC(NC(=O)C(C)CCCCC)C(=O)NCCCCC(NC(=O)C(CCCCNC(=O)C(C)CCCCC)NC(=O)C(C)CCCCC)C(=O)NC.CCCCCNC(=O)C(C)CCCCNC(=O)C(CCCCNC(=O)C(CCCCNC(=O)C(C)CCCCC)NC(=O)C(C)CCCCC)NC(=O)C(CCCCC)NC(=O)C(C)CCCCC. The molecule has 846 valence electrons. The van der Waals surface area contributed by atoms with E-state index in [0.29, 0.717) is 161 Å². The molecule has 0 saturated carbocycles. The Labute approximate surface area is 882 Å². The van der Waals surface area contributed by atoms with E-state index in [9.17, 15) is 71.9 Å². The number of carbonyl (C=O) groups is 15. The highest BCUT2D eigenvalue weighted by Gasteiger charge is 2.33. The van der Waals surface area contributed by atoms with Crippen molar-refractivity contribution in [1.82, 2.24) is 79.8 Å². The first-order chi connectivity index (χ1) is 69.5. The van der Waals surface area contributed by atoms with Crippen molar-refractivity contribution in [3.63, 3.8) is 0 Å². The highest BCUT2D eigenvalue weighted by Crippen LogP contribution is 2.21. The summed E-state index contributed by atoms with van der Waals surface area (Å²) in [5.41, 5.74) is 0. The van der Waals surface area contributed by atoms with Gasteiger partial charge < -0.3 is 79.8 Å². The molecule has 0 heterocycles. The molecule has 30 nitrogen and oxygen atoms in total. The molecule has 0 rings (SSSR count). The average Bonchev–Trinajstić information content (AvgIpc) is 0.884. The first kappa shape index (κ1) is 141. The topological polar surface area (TPSA) is 436 Å². The smallest absolute Gasteiger partial charge is 0.243 e. The van der Waals surface area contributed by atoms with E-state index >= 15 is 0 Å². The summed E-state index contributed by atoms with van der Waals surface area (Å²) < 4.78 is 0. The molecule has 0 aromatic rings. The fraction of sp³-hybridized carbons (Fsp3) is 0.870. The lowest BCUT2D eigenvalue weighted by atomic mass is 10.0. The summed E-state index contributed by atoms with van der Waals surface area (Å²) >= 11 is 0. The Kier molecular flexibility index (Phi) is 93.1. The van der Waals surface area contributed by atoms with E-state index in [0.717, 1.165) is 231 Å². The Morgan fingerprint density at radius 1 is 0.138 bits per heavy atom. The lowest BCUT2D eigenvalue weighted by molar-refractivity contribution is -0.133. The van der Waals surface area contributed by atoms with Crippen LogP contribution in [0.3, 0.4) is 0 Å². The minimum Gasteiger partial charge on any atom is -0.359 e. The number of nitrogens with one attached hydrogen (secondary N) is 15. The van der Waals surface area contributed by atoms with Crippen molar-refractivity contribution < 1.29 is 71.9 Å². The minimum absolute atomic E-state index is 0.0310. The molecule has 0 fully saturated rings. The Bertz CT molecular complexity index is 3390. The molecule has 0 radical (unpaired) electrons. The third-order valence-corrected chi connectivity index (χ3v) is 27.9. The van der Waals surface area contributed by atoms with Crippen molar-refractivity contribution >= 4 is 88.6 Å². The molecule has 0 aromatic heterocycles. The summed E-state index contributed by atoms with van der Waals surface area (Å²) in [6, 6.07) is -4.74. The van der Waals surface area contributed by atoms with Crippen LogP contribution >= 0.6 is 0 Å². The van der Waals surface area contributed by atoms with Crippen molar-refractivity contribution in [2.45, 2.75) is 534 Å². The molecule has 0 aliphatic heterocycles. The molecule has 0 aliphatic carbocycles. The van der Waals surface area contributed by atoms with E-state index in [-0.39, 0.29) is 136 Å². The predicted octanol–water partition coefficient (Wildman–Crippen LogP) is 19.3. The van der Waals surface area contributed by atoms with Gasteiger partial charge in [-0.3, -0.25) is 71.9 Å². The van der Waals surface area contributed by atoms with Gasteiger partial charge >= 0.3 is 0 Å². The van der Waals surface area contributed by atoms with E-state index in [4.69, 9.17) is 0 Å². The average molecular weight is 2050 g/mol. The van der Waals surface area contributed by atoms with Gasteiger partial charge in [-0.2, -0.15) is 0 Å². The Balaban J connectivity index is -0.00000251. The zero-order chi connectivity index (χ0) is 109. The van der Waals surface area contributed by atoms with Gasteiger partial charge in [0.25, 0.3) is 0 Å². The second-order valence-corrected chi connectivity index (χ2v) is 41.9. The van der Waals surface area contributed by atoms with Crippen LogP contribution in [0.4, 0.5) is 0 Å². The zero-order valence-corrected chi connectivity index (χ0v) is 96.0. The zero-order valence-electron chi connectivity index (χ0n) is 96.0. The normalized spacial score (nSPS) is 14.2. The van der Waals surface area contributed by atoms with Crippen LogP contribution < -0.4 is 79.8 Å². The molecule has 15 amide bonds. The third-order valence-electron chi connectivity index (χ3n) is 27.9. The van der Waals surface area contributed by atoms with Crippen molar-refractivity contribution in [3.05, 3.63) is 0 Å². The van der Waals surface area contributed by atoms with Crippen molar-refractivity contribution in [1.29, 1.82) is 0 Å². The Morgan fingerprint density at radius 3 is 0.448 bits per heavy atom.